The number of carbonyl (C=O) groups excluding carboxylic acids is 2. The lowest BCUT2D eigenvalue weighted by molar-refractivity contribution is -0.121. The largest absolute Gasteiger partial charge is 0.453 e. The van der Waals surface area contributed by atoms with Gasteiger partial charge in [0.05, 0.1) is 19.3 Å². The van der Waals surface area contributed by atoms with E-state index in [-0.39, 0.29) is 24.1 Å². The quantitative estimate of drug-likeness (QED) is 0.376. The summed E-state index contributed by atoms with van der Waals surface area (Å²) in [7, 11) is 1.25. The second kappa shape index (κ2) is 12.7. The zero-order valence-electron chi connectivity index (χ0n) is 19.2. The molecule has 2 aromatic rings. The van der Waals surface area contributed by atoms with Gasteiger partial charge in [-0.1, -0.05) is 48.0 Å². The highest BCUT2D eigenvalue weighted by molar-refractivity contribution is 6.29. The molecule has 2 heterocycles. The summed E-state index contributed by atoms with van der Waals surface area (Å²) in [6.45, 7) is -0.155. The molecule has 0 aliphatic carbocycles. The lowest BCUT2D eigenvalue weighted by atomic mass is 10.1. The number of alkyl halides is 2. The number of hydrogen-bond donors (Lipinski definition) is 4. The predicted octanol–water partition coefficient (Wildman–Crippen LogP) is 2.16. The van der Waals surface area contributed by atoms with Gasteiger partial charge in [0.2, 0.25) is 5.91 Å². The second-order valence-electron chi connectivity index (χ2n) is 7.65. The van der Waals surface area contributed by atoms with Crippen molar-refractivity contribution in [2.75, 3.05) is 12.4 Å². The van der Waals surface area contributed by atoms with Crippen molar-refractivity contribution in [1.82, 2.24) is 25.5 Å². The van der Waals surface area contributed by atoms with E-state index >= 15 is 0 Å². The Morgan fingerprint density at radius 3 is 2.50 bits per heavy atom. The van der Waals surface area contributed by atoms with Crippen LogP contribution < -0.4 is 26.8 Å². The van der Waals surface area contributed by atoms with Crippen LogP contribution in [0.3, 0.4) is 0 Å². The first kappa shape index (κ1) is 26.7. The summed E-state index contributed by atoms with van der Waals surface area (Å²) in [5.74, 6) is -0.902. The molecule has 4 N–H and O–H groups in total. The number of hydrogen-bond acceptors (Lipinski definition) is 7. The van der Waals surface area contributed by atoms with Gasteiger partial charge < -0.3 is 26.0 Å². The zero-order valence-corrected chi connectivity index (χ0v) is 20.0. The average molecular weight is 523 g/mol. The standard InChI is InChI=1S/C23H25ClF2N6O4/c1-36-23(35)30-11-15-7-3-2-6-14(15)10-28-18(33)13-32-17(24)12-29-21(22(32)34)31-19(20(25)26)16-8-4-5-9-27-16/h2-9,12,16,19-20,27H,10-11,13H2,1H3,(H,28,33)(H,29,31)(H,30,35). The molecule has 36 heavy (non-hydrogen) atoms. The Hall–Kier alpha value is -3.93. The molecule has 0 spiro atoms. The molecule has 1 aromatic carbocycles. The van der Waals surface area contributed by atoms with E-state index in [1.807, 2.05) is 0 Å². The number of allylic oxidation sites excluding steroid dienone is 2. The van der Waals surface area contributed by atoms with Crippen molar-refractivity contribution in [1.29, 1.82) is 0 Å². The highest BCUT2D eigenvalue weighted by Gasteiger charge is 2.30. The SMILES string of the molecule is COC(=O)NCc1ccccc1CNC(=O)Cn1c(Cl)cnc(NC(C(F)F)C2C=CC=CN2)c1=O. The number of anilines is 1. The Labute approximate surface area is 210 Å². The van der Waals surface area contributed by atoms with Gasteiger partial charge in [-0.3, -0.25) is 14.2 Å². The smallest absolute Gasteiger partial charge is 0.407 e. The van der Waals surface area contributed by atoms with E-state index in [0.717, 1.165) is 21.9 Å². The number of ether oxygens (including phenoxy) is 1. The van der Waals surface area contributed by atoms with Crippen LogP contribution in [0.4, 0.5) is 19.4 Å². The summed E-state index contributed by atoms with van der Waals surface area (Å²) in [4.78, 5) is 40.7. The molecule has 10 nitrogen and oxygen atoms in total. The fourth-order valence-corrected chi connectivity index (χ4v) is 3.59. The van der Waals surface area contributed by atoms with E-state index in [9.17, 15) is 23.2 Å². The Morgan fingerprint density at radius 1 is 1.19 bits per heavy atom. The fraction of sp³-hybridized carbons (Fsp3) is 0.304. The predicted molar refractivity (Wildman–Crippen MR) is 130 cm³/mol. The number of rotatable bonds is 10. The van der Waals surface area contributed by atoms with Gasteiger partial charge in [-0.15, -0.1) is 0 Å². The number of aromatic nitrogens is 2. The van der Waals surface area contributed by atoms with Crippen LogP contribution >= 0.6 is 11.6 Å². The van der Waals surface area contributed by atoms with Gasteiger partial charge in [-0.05, 0) is 23.4 Å². The Morgan fingerprint density at radius 2 is 1.89 bits per heavy atom. The van der Waals surface area contributed by atoms with Crippen molar-refractivity contribution < 1.29 is 23.1 Å². The van der Waals surface area contributed by atoms with Crippen molar-refractivity contribution in [2.24, 2.45) is 0 Å². The number of halogens is 3. The normalized spacial score (nSPS) is 15.2. The van der Waals surface area contributed by atoms with Crippen LogP contribution in [0.15, 0.2) is 59.7 Å². The molecular formula is C23H25ClF2N6O4. The lowest BCUT2D eigenvalue weighted by Crippen LogP contribution is -2.47. The first-order chi connectivity index (χ1) is 17.3. The molecule has 192 valence electrons. The van der Waals surface area contributed by atoms with Crippen LogP contribution in [-0.4, -0.2) is 47.2 Å². The van der Waals surface area contributed by atoms with Crippen molar-refractivity contribution in [3.8, 4) is 0 Å². The van der Waals surface area contributed by atoms with E-state index in [1.54, 1.807) is 36.4 Å². The molecule has 1 aliphatic rings. The monoisotopic (exact) mass is 522 g/mol. The van der Waals surface area contributed by atoms with Crippen LogP contribution in [0.2, 0.25) is 5.15 Å². The molecule has 0 saturated heterocycles. The van der Waals surface area contributed by atoms with Gasteiger partial charge in [0.25, 0.3) is 12.0 Å². The maximum Gasteiger partial charge on any atom is 0.407 e. The van der Waals surface area contributed by atoms with E-state index < -0.39 is 42.6 Å². The summed E-state index contributed by atoms with van der Waals surface area (Å²) in [6, 6.07) is 4.88. The lowest BCUT2D eigenvalue weighted by Gasteiger charge is -2.27. The molecule has 0 saturated carbocycles. The Bertz CT molecular complexity index is 1200. The van der Waals surface area contributed by atoms with E-state index in [4.69, 9.17) is 11.6 Å². The maximum absolute atomic E-state index is 13.7. The van der Waals surface area contributed by atoms with Crippen molar-refractivity contribution in [3.05, 3.63) is 81.5 Å². The molecule has 0 radical (unpaired) electrons. The van der Waals surface area contributed by atoms with E-state index in [1.165, 1.54) is 19.4 Å². The van der Waals surface area contributed by atoms with E-state index in [0.29, 0.717) is 0 Å². The summed E-state index contributed by atoms with van der Waals surface area (Å²) < 4.78 is 32.9. The third-order valence-electron chi connectivity index (χ3n) is 5.29. The third-order valence-corrected chi connectivity index (χ3v) is 5.59. The number of benzene rings is 1. The van der Waals surface area contributed by atoms with Gasteiger partial charge in [0.1, 0.15) is 17.7 Å². The first-order valence-corrected chi connectivity index (χ1v) is 11.2. The molecular weight excluding hydrogens is 498 g/mol. The average Bonchev–Trinajstić information content (AvgIpc) is 2.88. The highest BCUT2D eigenvalue weighted by atomic mass is 35.5. The first-order valence-electron chi connectivity index (χ1n) is 10.8. The van der Waals surface area contributed by atoms with Gasteiger partial charge in [-0.25, -0.2) is 18.6 Å². The second-order valence-corrected chi connectivity index (χ2v) is 8.04. The molecule has 0 bridgehead atoms. The number of amides is 2. The minimum atomic E-state index is -2.82. The summed E-state index contributed by atoms with van der Waals surface area (Å²) in [6.07, 6.45) is 4.01. The van der Waals surface area contributed by atoms with Crippen LogP contribution in [0.1, 0.15) is 11.1 Å². The molecule has 0 fully saturated rings. The summed E-state index contributed by atoms with van der Waals surface area (Å²) in [5, 5.41) is 10.4. The Kier molecular flexibility index (Phi) is 9.39. The zero-order chi connectivity index (χ0) is 26.1. The van der Waals surface area contributed by atoms with Crippen molar-refractivity contribution in [2.45, 2.75) is 38.1 Å². The van der Waals surface area contributed by atoms with Gasteiger partial charge in [0, 0.05) is 13.1 Å². The minimum absolute atomic E-state index is 0.112. The molecule has 2 amide bonds. The molecule has 2 unspecified atom stereocenters. The van der Waals surface area contributed by atoms with Crippen LogP contribution in [0.5, 0.6) is 0 Å². The minimum Gasteiger partial charge on any atom is -0.453 e. The number of carbonyl (C=O) groups is 2. The van der Waals surface area contributed by atoms with Crippen LogP contribution in [0.25, 0.3) is 0 Å². The number of alkyl carbamates (subject to hydrolysis) is 1. The summed E-state index contributed by atoms with van der Waals surface area (Å²) in [5.41, 5.74) is 0.674. The molecule has 1 aromatic heterocycles. The summed E-state index contributed by atoms with van der Waals surface area (Å²) >= 11 is 6.08. The topological polar surface area (TPSA) is 126 Å². The third kappa shape index (κ3) is 7.04. The molecule has 3 rings (SSSR count). The van der Waals surface area contributed by atoms with E-state index in [2.05, 4.69) is 31.0 Å². The molecule has 13 heteroatoms. The van der Waals surface area contributed by atoms with Crippen LogP contribution in [-0.2, 0) is 29.2 Å². The molecule has 2 atom stereocenters. The number of methoxy groups -OCH3 is 1. The van der Waals surface area contributed by atoms with Gasteiger partial charge in [0.15, 0.2) is 5.82 Å². The van der Waals surface area contributed by atoms with Crippen molar-refractivity contribution >= 4 is 29.4 Å². The number of nitrogens with one attached hydrogen (secondary N) is 4. The van der Waals surface area contributed by atoms with Gasteiger partial charge in [-0.2, -0.15) is 0 Å². The van der Waals surface area contributed by atoms with Gasteiger partial charge >= 0.3 is 6.09 Å². The van der Waals surface area contributed by atoms with Crippen LogP contribution in [0, 0.1) is 0 Å². The fourth-order valence-electron chi connectivity index (χ4n) is 3.40. The highest BCUT2D eigenvalue weighted by Crippen LogP contribution is 2.15. The number of dihydropyridines is 1. The maximum atomic E-state index is 13.7. The molecule has 1 aliphatic heterocycles. The number of nitrogens with zero attached hydrogens (tertiary/aromatic N) is 2. The Balaban J connectivity index is 1.68. The van der Waals surface area contributed by atoms with Crippen molar-refractivity contribution in [3.63, 3.8) is 0 Å².